The summed E-state index contributed by atoms with van der Waals surface area (Å²) in [5.74, 6) is 1.40. The Hall–Kier alpha value is -1.62. The number of pyridine rings is 1. The lowest BCUT2D eigenvalue weighted by Gasteiger charge is -2.33. The van der Waals surface area contributed by atoms with Gasteiger partial charge < -0.3 is 16.0 Å². The third kappa shape index (κ3) is 4.20. The molecule has 1 aromatic rings. The molecule has 1 fully saturated rings. The molecule has 1 unspecified atom stereocenters. The van der Waals surface area contributed by atoms with Gasteiger partial charge in [0.15, 0.2) is 0 Å². The van der Waals surface area contributed by atoms with Crippen molar-refractivity contribution in [2.75, 3.05) is 24.5 Å². The summed E-state index contributed by atoms with van der Waals surface area (Å²) in [7, 11) is 0. The minimum Gasteiger partial charge on any atom is -0.356 e. The molecule has 0 radical (unpaired) electrons. The summed E-state index contributed by atoms with van der Waals surface area (Å²) in [5, 5.41) is 3.11. The molecular formula is C15H24N4O. The number of nitrogens with zero attached hydrogens (tertiary/aromatic N) is 2. The molecule has 2 rings (SSSR count). The number of hydrogen-bond acceptors (Lipinski definition) is 4. The van der Waals surface area contributed by atoms with Crippen molar-refractivity contribution in [2.45, 2.75) is 32.2 Å². The maximum atomic E-state index is 11.8. The normalized spacial score (nSPS) is 17.8. The number of nitrogens with two attached hydrogens (primary N) is 1. The van der Waals surface area contributed by atoms with Gasteiger partial charge in [-0.25, -0.2) is 4.98 Å². The maximum absolute atomic E-state index is 11.8. The van der Waals surface area contributed by atoms with Gasteiger partial charge in [-0.3, -0.25) is 4.79 Å². The van der Waals surface area contributed by atoms with E-state index in [9.17, 15) is 4.79 Å². The zero-order valence-electron chi connectivity index (χ0n) is 12.1. The highest BCUT2D eigenvalue weighted by molar-refractivity contribution is 5.76. The highest BCUT2D eigenvalue weighted by Gasteiger charge is 2.21. The Bertz CT molecular complexity index is 415. The number of hydrogen-bond donors (Lipinski definition) is 2. The zero-order chi connectivity index (χ0) is 14.4. The molecule has 0 saturated carbocycles. The summed E-state index contributed by atoms with van der Waals surface area (Å²) in [6.07, 6.45) is 4.28. The lowest BCUT2D eigenvalue weighted by molar-refractivity contribution is -0.122. The Balaban J connectivity index is 1.76. The third-order valence-electron chi connectivity index (χ3n) is 3.77. The van der Waals surface area contributed by atoms with Crippen LogP contribution in [0.5, 0.6) is 0 Å². The minimum atomic E-state index is 0.124. The SMILES string of the molecule is CC(CN)CC(=O)NC1CCN(c2ccccn2)CC1. The summed E-state index contributed by atoms with van der Waals surface area (Å²) < 4.78 is 0. The average molecular weight is 276 g/mol. The van der Waals surface area contributed by atoms with Gasteiger partial charge in [0, 0.05) is 31.7 Å². The number of anilines is 1. The molecule has 0 aromatic carbocycles. The molecule has 0 bridgehead atoms. The minimum absolute atomic E-state index is 0.124. The molecule has 5 heteroatoms. The molecule has 1 saturated heterocycles. The van der Waals surface area contributed by atoms with Crippen molar-refractivity contribution in [1.29, 1.82) is 0 Å². The first-order valence-corrected chi connectivity index (χ1v) is 7.34. The first-order chi connectivity index (χ1) is 9.69. The number of carbonyl (C=O) groups is 1. The molecule has 1 aliphatic rings. The highest BCUT2D eigenvalue weighted by atomic mass is 16.1. The Morgan fingerprint density at radius 1 is 1.50 bits per heavy atom. The van der Waals surface area contributed by atoms with Gasteiger partial charge in [-0.15, -0.1) is 0 Å². The van der Waals surface area contributed by atoms with Gasteiger partial charge in [-0.2, -0.15) is 0 Å². The van der Waals surface area contributed by atoms with Gasteiger partial charge in [0.1, 0.15) is 5.82 Å². The van der Waals surface area contributed by atoms with E-state index in [1.807, 2.05) is 31.3 Å². The fraction of sp³-hybridized carbons (Fsp3) is 0.600. The van der Waals surface area contributed by atoms with E-state index < -0.39 is 0 Å². The Kier molecular flexibility index (Phi) is 5.35. The Morgan fingerprint density at radius 3 is 2.85 bits per heavy atom. The summed E-state index contributed by atoms with van der Waals surface area (Å²) in [6, 6.07) is 6.24. The molecule has 20 heavy (non-hydrogen) atoms. The number of nitrogens with one attached hydrogen (secondary N) is 1. The second-order valence-corrected chi connectivity index (χ2v) is 5.56. The quantitative estimate of drug-likeness (QED) is 0.846. The highest BCUT2D eigenvalue weighted by Crippen LogP contribution is 2.17. The number of amides is 1. The molecule has 3 N–H and O–H groups in total. The number of aromatic nitrogens is 1. The van der Waals surface area contributed by atoms with Crippen LogP contribution in [0.25, 0.3) is 0 Å². The van der Waals surface area contributed by atoms with Crippen LogP contribution in [-0.4, -0.2) is 36.6 Å². The Labute approximate surface area is 120 Å². The van der Waals surface area contributed by atoms with Gasteiger partial charge in [-0.1, -0.05) is 13.0 Å². The van der Waals surface area contributed by atoms with Crippen LogP contribution in [0.4, 0.5) is 5.82 Å². The maximum Gasteiger partial charge on any atom is 0.220 e. The molecule has 110 valence electrons. The van der Waals surface area contributed by atoms with Gasteiger partial charge in [0.25, 0.3) is 0 Å². The Morgan fingerprint density at radius 2 is 2.25 bits per heavy atom. The molecule has 1 atom stereocenters. The van der Waals surface area contributed by atoms with Crippen molar-refractivity contribution in [1.82, 2.24) is 10.3 Å². The molecule has 1 aromatic heterocycles. The predicted octanol–water partition coefficient (Wildman–Crippen LogP) is 1.15. The van der Waals surface area contributed by atoms with Gasteiger partial charge in [-0.05, 0) is 37.4 Å². The average Bonchev–Trinajstić information content (AvgIpc) is 2.48. The summed E-state index contributed by atoms with van der Waals surface area (Å²) in [5.41, 5.74) is 5.54. The van der Waals surface area contributed by atoms with E-state index >= 15 is 0 Å². The van der Waals surface area contributed by atoms with Crippen molar-refractivity contribution < 1.29 is 4.79 Å². The molecule has 0 aliphatic carbocycles. The molecule has 0 spiro atoms. The van der Waals surface area contributed by atoms with Crippen molar-refractivity contribution in [3.8, 4) is 0 Å². The van der Waals surface area contributed by atoms with Crippen LogP contribution in [0.2, 0.25) is 0 Å². The third-order valence-corrected chi connectivity index (χ3v) is 3.77. The van der Waals surface area contributed by atoms with Crippen molar-refractivity contribution in [2.24, 2.45) is 11.7 Å². The van der Waals surface area contributed by atoms with E-state index in [1.165, 1.54) is 0 Å². The van der Waals surface area contributed by atoms with Crippen LogP contribution in [-0.2, 0) is 4.79 Å². The summed E-state index contributed by atoms with van der Waals surface area (Å²) in [4.78, 5) is 18.5. The first-order valence-electron chi connectivity index (χ1n) is 7.34. The molecule has 5 nitrogen and oxygen atoms in total. The number of carbonyl (C=O) groups excluding carboxylic acids is 1. The molecule has 2 heterocycles. The zero-order valence-corrected chi connectivity index (χ0v) is 12.1. The molecule has 1 amide bonds. The van der Waals surface area contributed by atoms with E-state index in [-0.39, 0.29) is 17.9 Å². The number of rotatable bonds is 5. The van der Waals surface area contributed by atoms with Gasteiger partial charge >= 0.3 is 0 Å². The molecule has 1 aliphatic heterocycles. The number of piperidine rings is 1. The van der Waals surface area contributed by atoms with Crippen molar-refractivity contribution in [3.05, 3.63) is 24.4 Å². The van der Waals surface area contributed by atoms with Crippen LogP contribution < -0.4 is 16.0 Å². The largest absolute Gasteiger partial charge is 0.356 e. The van der Waals surface area contributed by atoms with E-state index in [4.69, 9.17) is 5.73 Å². The van der Waals surface area contributed by atoms with E-state index in [2.05, 4.69) is 15.2 Å². The second kappa shape index (κ2) is 7.24. The molecular weight excluding hydrogens is 252 g/mol. The van der Waals surface area contributed by atoms with Gasteiger partial charge in [0.2, 0.25) is 5.91 Å². The fourth-order valence-corrected chi connectivity index (χ4v) is 2.48. The topological polar surface area (TPSA) is 71.2 Å². The monoisotopic (exact) mass is 276 g/mol. The van der Waals surface area contributed by atoms with Crippen molar-refractivity contribution >= 4 is 11.7 Å². The summed E-state index contributed by atoms with van der Waals surface area (Å²) >= 11 is 0. The summed E-state index contributed by atoms with van der Waals surface area (Å²) in [6.45, 7) is 4.44. The van der Waals surface area contributed by atoms with Crippen molar-refractivity contribution in [3.63, 3.8) is 0 Å². The van der Waals surface area contributed by atoms with Crippen LogP contribution in [0.3, 0.4) is 0 Å². The smallest absolute Gasteiger partial charge is 0.220 e. The van der Waals surface area contributed by atoms with Crippen LogP contribution >= 0.6 is 0 Å². The van der Waals surface area contributed by atoms with Crippen LogP contribution in [0.1, 0.15) is 26.2 Å². The standard InChI is InChI=1S/C15H24N4O/c1-12(11-16)10-15(20)18-13-5-8-19(9-6-13)14-4-2-3-7-17-14/h2-4,7,12-13H,5-6,8-11,16H2,1H3,(H,18,20). The predicted molar refractivity (Wildman–Crippen MR) is 80.5 cm³/mol. The second-order valence-electron chi connectivity index (χ2n) is 5.56. The first kappa shape index (κ1) is 14.8. The lowest BCUT2D eigenvalue weighted by Crippen LogP contribution is -2.45. The fourth-order valence-electron chi connectivity index (χ4n) is 2.48. The van der Waals surface area contributed by atoms with E-state index in [1.54, 1.807) is 0 Å². The lowest BCUT2D eigenvalue weighted by atomic mass is 10.0. The van der Waals surface area contributed by atoms with Crippen LogP contribution in [0, 0.1) is 5.92 Å². The van der Waals surface area contributed by atoms with Gasteiger partial charge in [0.05, 0.1) is 0 Å². The van der Waals surface area contributed by atoms with E-state index in [0.717, 1.165) is 31.7 Å². The van der Waals surface area contributed by atoms with E-state index in [0.29, 0.717) is 13.0 Å². The van der Waals surface area contributed by atoms with Crippen LogP contribution in [0.15, 0.2) is 24.4 Å².